The summed E-state index contributed by atoms with van der Waals surface area (Å²) in [5, 5.41) is 0.957. The lowest BCUT2D eigenvalue weighted by Crippen LogP contribution is -2.05. The zero-order chi connectivity index (χ0) is 12.5. The molecule has 1 N–H and O–H groups in total. The van der Waals surface area contributed by atoms with Gasteiger partial charge in [0.15, 0.2) is 0 Å². The van der Waals surface area contributed by atoms with Gasteiger partial charge in [-0.05, 0) is 28.1 Å². The highest BCUT2D eigenvalue weighted by atomic mass is 79.9. The first-order valence-electron chi connectivity index (χ1n) is 5.34. The number of hydrogen-bond donors (Lipinski definition) is 1. The number of aromatic nitrogens is 3. The van der Waals surface area contributed by atoms with Gasteiger partial charge in [0, 0.05) is 17.1 Å². The van der Waals surface area contributed by atoms with Crippen molar-refractivity contribution in [2.24, 2.45) is 0 Å². The lowest BCUT2D eigenvalue weighted by Gasteiger charge is -2.04. The summed E-state index contributed by atoms with van der Waals surface area (Å²) in [5.74, 6) is 0. The highest BCUT2D eigenvalue weighted by Gasteiger charge is 2.07. The van der Waals surface area contributed by atoms with Crippen LogP contribution in [0.15, 0.2) is 52.1 Å². The zero-order valence-electron chi connectivity index (χ0n) is 9.22. The fourth-order valence-electron chi connectivity index (χ4n) is 1.83. The maximum Gasteiger partial charge on any atom is 0.262 e. The van der Waals surface area contributed by atoms with E-state index in [2.05, 4.69) is 30.9 Å². The van der Waals surface area contributed by atoms with E-state index in [0.717, 1.165) is 22.2 Å². The number of pyridine rings is 1. The van der Waals surface area contributed by atoms with Gasteiger partial charge in [0.2, 0.25) is 0 Å². The van der Waals surface area contributed by atoms with Crippen LogP contribution in [0.1, 0.15) is 0 Å². The van der Waals surface area contributed by atoms with E-state index in [1.54, 1.807) is 12.3 Å². The molecule has 2 heterocycles. The third-order valence-electron chi connectivity index (χ3n) is 2.67. The molecule has 0 amide bonds. The Balaban J connectivity index is 2.31. The zero-order valence-corrected chi connectivity index (χ0v) is 10.8. The van der Waals surface area contributed by atoms with Crippen LogP contribution in [0.25, 0.3) is 22.2 Å². The van der Waals surface area contributed by atoms with Crippen LogP contribution in [0.2, 0.25) is 0 Å². The van der Waals surface area contributed by atoms with Crippen molar-refractivity contribution in [2.75, 3.05) is 0 Å². The van der Waals surface area contributed by atoms with Crippen molar-refractivity contribution in [3.05, 3.63) is 57.7 Å². The molecule has 0 fully saturated rings. The van der Waals surface area contributed by atoms with E-state index in [1.165, 1.54) is 6.33 Å². The Morgan fingerprint density at radius 2 is 2.00 bits per heavy atom. The molecule has 0 atom stereocenters. The van der Waals surface area contributed by atoms with Gasteiger partial charge in [0.25, 0.3) is 5.56 Å². The summed E-state index contributed by atoms with van der Waals surface area (Å²) in [7, 11) is 0. The minimum absolute atomic E-state index is 0.155. The smallest absolute Gasteiger partial charge is 0.262 e. The van der Waals surface area contributed by atoms with Crippen molar-refractivity contribution in [2.45, 2.75) is 0 Å². The molecule has 3 rings (SSSR count). The first kappa shape index (κ1) is 11.1. The topological polar surface area (TPSA) is 58.6 Å². The Hall–Kier alpha value is -2.01. The number of H-pyrrole nitrogens is 1. The molecule has 0 saturated heterocycles. The van der Waals surface area contributed by atoms with Gasteiger partial charge >= 0.3 is 0 Å². The molecule has 5 heteroatoms. The molecule has 0 aliphatic rings. The molecular weight excluding hydrogens is 294 g/mol. The molecule has 0 saturated carbocycles. The maximum absolute atomic E-state index is 11.3. The predicted molar refractivity (Wildman–Crippen MR) is 73.3 cm³/mol. The van der Waals surface area contributed by atoms with E-state index in [0.29, 0.717) is 4.47 Å². The summed E-state index contributed by atoms with van der Waals surface area (Å²) < 4.78 is 0.489. The Kier molecular flexibility index (Phi) is 2.68. The van der Waals surface area contributed by atoms with Crippen LogP contribution in [0.5, 0.6) is 0 Å². The average molecular weight is 302 g/mol. The molecule has 3 aromatic rings. The van der Waals surface area contributed by atoms with Crippen LogP contribution in [0.3, 0.4) is 0 Å². The van der Waals surface area contributed by atoms with E-state index in [9.17, 15) is 4.79 Å². The second-order valence-electron chi connectivity index (χ2n) is 3.80. The van der Waals surface area contributed by atoms with E-state index in [1.807, 2.05) is 24.3 Å². The van der Waals surface area contributed by atoms with Crippen LogP contribution in [-0.4, -0.2) is 15.0 Å². The van der Waals surface area contributed by atoms with Crippen molar-refractivity contribution in [3.63, 3.8) is 0 Å². The first-order valence-corrected chi connectivity index (χ1v) is 6.13. The summed E-state index contributed by atoms with van der Waals surface area (Å²) >= 11 is 3.22. The summed E-state index contributed by atoms with van der Waals surface area (Å²) in [5.41, 5.74) is 2.37. The van der Waals surface area contributed by atoms with Crippen LogP contribution in [0.4, 0.5) is 0 Å². The number of nitrogens with zero attached hydrogens (tertiary/aromatic N) is 2. The van der Waals surface area contributed by atoms with Gasteiger partial charge in [-0.15, -0.1) is 0 Å². The first-order chi connectivity index (χ1) is 8.75. The monoisotopic (exact) mass is 301 g/mol. The van der Waals surface area contributed by atoms with Gasteiger partial charge in [-0.1, -0.05) is 18.2 Å². The third-order valence-corrected chi connectivity index (χ3v) is 3.26. The second kappa shape index (κ2) is 4.34. The van der Waals surface area contributed by atoms with Crippen molar-refractivity contribution < 1.29 is 0 Å². The summed E-state index contributed by atoms with van der Waals surface area (Å²) in [6.07, 6.45) is 3.18. The van der Waals surface area contributed by atoms with E-state index in [4.69, 9.17) is 0 Å². The number of hydrogen-bond acceptors (Lipinski definition) is 3. The summed E-state index contributed by atoms with van der Waals surface area (Å²) in [4.78, 5) is 22.5. The fourth-order valence-corrected chi connectivity index (χ4v) is 2.19. The maximum atomic E-state index is 11.3. The Morgan fingerprint density at radius 3 is 2.83 bits per heavy atom. The number of nitrogens with one attached hydrogen (secondary N) is 1. The molecule has 0 aliphatic heterocycles. The molecular formula is C13H8BrN3O. The van der Waals surface area contributed by atoms with Gasteiger partial charge in [-0.2, -0.15) is 0 Å². The number of para-hydroxylation sites is 1. The third kappa shape index (κ3) is 1.82. The Morgan fingerprint density at radius 1 is 1.17 bits per heavy atom. The number of rotatable bonds is 1. The van der Waals surface area contributed by atoms with Crippen molar-refractivity contribution in [1.29, 1.82) is 0 Å². The standard InChI is InChI=1S/C13H8BrN3O/c14-10-5-8(6-15-13(10)18)12-9-3-1-2-4-11(9)16-7-17-12/h1-7H,(H,15,18). The van der Waals surface area contributed by atoms with E-state index in [-0.39, 0.29) is 5.56 Å². The van der Waals surface area contributed by atoms with Gasteiger partial charge < -0.3 is 4.98 Å². The second-order valence-corrected chi connectivity index (χ2v) is 4.66. The van der Waals surface area contributed by atoms with Crippen molar-refractivity contribution >= 4 is 26.8 Å². The average Bonchev–Trinajstić information content (AvgIpc) is 2.41. The number of benzene rings is 1. The molecule has 0 unspecified atom stereocenters. The van der Waals surface area contributed by atoms with Crippen LogP contribution in [-0.2, 0) is 0 Å². The molecule has 18 heavy (non-hydrogen) atoms. The van der Waals surface area contributed by atoms with Crippen LogP contribution >= 0.6 is 15.9 Å². The van der Waals surface area contributed by atoms with Crippen molar-refractivity contribution in [1.82, 2.24) is 15.0 Å². The minimum atomic E-state index is -0.155. The molecule has 88 valence electrons. The largest absolute Gasteiger partial charge is 0.327 e. The number of aromatic amines is 1. The summed E-state index contributed by atoms with van der Waals surface area (Å²) in [6.45, 7) is 0. The SMILES string of the molecule is O=c1[nH]cc(-c2ncnc3ccccc23)cc1Br. The number of halogens is 1. The number of fused-ring (bicyclic) bond motifs is 1. The fraction of sp³-hybridized carbons (Fsp3) is 0. The van der Waals surface area contributed by atoms with Crippen LogP contribution in [0, 0.1) is 0 Å². The molecule has 0 spiro atoms. The van der Waals surface area contributed by atoms with Gasteiger partial charge in [-0.25, -0.2) is 9.97 Å². The van der Waals surface area contributed by atoms with Gasteiger partial charge in [-0.3, -0.25) is 4.79 Å². The molecule has 0 aliphatic carbocycles. The minimum Gasteiger partial charge on any atom is -0.327 e. The molecule has 2 aromatic heterocycles. The van der Waals surface area contributed by atoms with Crippen molar-refractivity contribution in [3.8, 4) is 11.3 Å². The van der Waals surface area contributed by atoms with Gasteiger partial charge in [0.1, 0.15) is 6.33 Å². The molecule has 1 aromatic carbocycles. The van der Waals surface area contributed by atoms with E-state index >= 15 is 0 Å². The molecule has 0 radical (unpaired) electrons. The Labute approximate surface area is 111 Å². The lowest BCUT2D eigenvalue weighted by molar-refractivity contribution is 1.19. The quantitative estimate of drug-likeness (QED) is 0.752. The predicted octanol–water partition coefficient (Wildman–Crippen LogP) is 2.75. The lowest BCUT2D eigenvalue weighted by atomic mass is 10.1. The highest BCUT2D eigenvalue weighted by Crippen LogP contribution is 2.25. The highest BCUT2D eigenvalue weighted by molar-refractivity contribution is 9.10. The Bertz CT molecular complexity index is 777. The summed E-state index contributed by atoms with van der Waals surface area (Å²) in [6, 6.07) is 9.52. The van der Waals surface area contributed by atoms with Gasteiger partial charge in [0.05, 0.1) is 15.7 Å². The molecule has 0 bridgehead atoms. The van der Waals surface area contributed by atoms with E-state index < -0.39 is 0 Å². The molecule has 4 nitrogen and oxygen atoms in total. The van der Waals surface area contributed by atoms with Crippen LogP contribution < -0.4 is 5.56 Å². The normalized spacial score (nSPS) is 10.7.